The van der Waals surface area contributed by atoms with Crippen molar-refractivity contribution in [1.82, 2.24) is 5.32 Å². The first-order valence-corrected chi connectivity index (χ1v) is 8.77. The van der Waals surface area contributed by atoms with Crippen LogP contribution in [0, 0.1) is 0 Å². The van der Waals surface area contributed by atoms with E-state index in [9.17, 15) is 5.11 Å². The molecule has 4 rings (SSSR count). The Kier molecular flexibility index (Phi) is 5.19. The van der Waals surface area contributed by atoms with E-state index in [1.54, 1.807) is 0 Å². The molecule has 134 valence electrons. The lowest BCUT2D eigenvalue weighted by atomic mass is 9.93. The number of halogens is 1. The number of aliphatic hydroxyl groups is 1. The molecule has 0 atom stereocenters. The minimum absolute atomic E-state index is 0. The number of fused-ring (bicyclic) bond motifs is 5. The number of hydrogen-bond donors (Lipinski definition) is 2. The smallest absolute Gasteiger partial charge is 0.0607 e. The fraction of sp³-hybridized carbons (Fsp3) is 0.217. The normalized spacial score (nSPS) is 11.8. The lowest BCUT2D eigenvalue weighted by Gasteiger charge is -2.24. The fourth-order valence-electron chi connectivity index (χ4n) is 3.47. The van der Waals surface area contributed by atoms with Crippen molar-refractivity contribution in [3.05, 3.63) is 72.3 Å². The third kappa shape index (κ3) is 3.28. The maximum atomic E-state index is 9.54. The number of hydrogen-bond acceptors (Lipinski definition) is 2. The monoisotopic (exact) mass is 365 g/mol. The minimum atomic E-state index is -0.297. The van der Waals surface area contributed by atoms with Crippen LogP contribution in [-0.4, -0.2) is 17.3 Å². The molecule has 4 aromatic carbocycles. The van der Waals surface area contributed by atoms with Crippen LogP contribution in [0.15, 0.2) is 66.7 Å². The first-order valence-electron chi connectivity index (χ1n) is 8.77. The van der Waals surface area contributed by atoms with Gasteiger partial charge in [-0.1, -0.05) is 60.7 Å². The summed E-state index contributed by atoms with van der Waals surface area (Å²) in [6, 6.07) is 23.9. The molecule has 0 unspecified atom stereocenters. The van der Waals surface area contributed by atoms with Crippen molar-refractivity contribution in [2.24, 2.45) is 0 Å². The van der Waals surface area contributed by atoms with Crippen LogP contribution < -0.4 is 5.32 Å². The summed E-state index contributed by atoms with van der Waals surface area (Å²) in [5, 5.41) is 20.7. The van der Waals surface area contributed by atoms with E-state index in [0.717, 1.165) is 6.54 Å². The van der Waals surface area contributed by atoms with Crippen LogP contribution in [0.3, 0.4) is 0 Å². The number of nitrogens with one attached hydrogen (secondary N) is 1. The molecule has 0 aromatic heterocycles. The summed E-state index contributed by atoms with van der Waals surface area (Å²) in [5.41, 5.74) is 0.968. The highest BCUT2D eigenvalue weighted by atomic mass is 35.5. The van der Waals surface area contributed by atoms with E-state index < -0.39 is 0 Å². The summed E-state index contributed by atoms with van der Waals surface area (Å²) in [5.74, 6) is 0. The third-order valence-electron chi connectivity index (χ3n) is 5.01. The van der Waals surface area contributed by atoms with Gasteiger partial charge in [-0.2, -0.15) is 0 Å². The van der Waals surface area contributed by atoms with E-state index in [4.69, 9.17) is 0 Å². The van der Waals surface area contributed by atoms with E-state index in [1.807, 2.05) is 13.8 Å². The lowest BCUT2D eigenvalue weighted by Crippen LogP contribution is -2.42. The molecular formula is C23H24ClNO. The van der Waals surface area contributed by atoms with Crippen molar-refractivity contribution in [3.63, 3.8) is 0 Å². The molecule has 0 aliphatic carbocycles. The minimum Gasteiger partial charge on any atom is -0.394 e. The van der Waals surface area contributed by atoms with Crippen molar-refractivity contribution in [3.8, 4) is 0 Å². The molecule has 0 aliphatic heterocycles. The first-order chi connectivity index (χ1) is 12.1. The molecular weight excluding hydrogens is 342 g/mol. The quantitative estimate of drug-likeness (QED) is 0.473. The topological polar surface area (TPSA) is 32.3 Å². The summed E-state index contributed by atoms with van der Waals surface area (Å²) in [7, 11) is 0. The van der Waals surface area contributed by atoms with Gasteiger partial charge in [0, 0.05) is 12.1 Å². The highest BCUT2D eigenvalue weighted by molar-refractivity contribution is 6.18. The zero-order chi connectivity index (χ0) is 17.4. The van der Waals surface area contributed by atoms with Crippen LogP contribution in [0.2, 0.25) is 0 Å². The van der Waals surface area contributed by atoms with Crippen molar-refractivity contribution in [2.75, 3.05) is 6.61 Å². The Balaban J connectivity index is 0.00000196. The zero-order valence-electron chi connectivity index (χ0n) is 15.1. The fourth-order valence-corrected chi connectivity index (χ4v) is 3.47. The lowest BCUT2D eigenvalue weighted by molar-refractivity contribution is 0.187. The van der Waals surface area contributed by atoms with Crippen LogP contribution in [0.4, 0.5) is 0 Å². The van der Waals surface area contributed by atoms with Gasteiger partial charge in [-0.05, 0) is 57.8 Å². The van der Waals surface area contributed by atoms with E-state index >= 15 is 0 Å². The second-order valence-corrected chi connectivity index (χ2v) is 7.36. The molecule has 26 heavy (non-hydrogen) atoms. The highest BCUT2D eigenvalue weighted by Gasteiger charge is 2.16. The summed E-state index contributed by atoms with van der Waals surface area (Å²) < 4.78 is 0. The van der Waals surface area contributed by atoms with Crippen LogP contribution in [0.25, 0.3) is 32.3 Å². The predicted molar refractivity (Wildman–Crippen MR) is 114 cm³/mol. The van der Waals surface area contributed by atoms with Gasteiger partial charge in [-0.15, -0.1) is 12.4 Å². The Morgan fingerprint density at radius 3 is 2.12 bits per heavy atom. The molecule has 0 saturated heterocycles. The maximum absolute atomic E-state index is 9.54. The van der Waals surface area contributed by atoms with Crippen molar-refractivity contribution in [2.45, 2.75) is 25.9 Å². The molecule has 4 aromatic rings. The van der Waals surface area contributed by atoms with Crippen molar-refractivity contribution >= 4 is 44.7 Å². The van der Waals surface area contributed by atoms with E-state index in [-0.39, 0.29) is 24.6 Å². The Morgan fingerprint density at radius 1 is 0.769 bits per heavy atom. The summed E-state index contributed by atoms with van der Waals surface area (Å²) in [6.07, 6.45) is 0. The summed E-state index contributed by atoms with van der Waals surface area (Å²) >= 11 is 0. The number of benzene rings is 4. The molecule has 0 bridgehead atoms. The Morgan fingerprint density at radius 2 is 1.38 bits per heavy atom. The van der Waals surface area contributed by atoms with Crippen LogP contribution in [-0.2, 0) is 6.54 Å². The van der Waals surface area contributed by atoms with Gasteiger partial charge in [0.2, 0.25) is 0 Å². The molecule has 2 N–H and O–H groups in total. The third-order valence-corrected chi connectivity index (χ3v) is 5.01. The molecule has 0 fully saturated rings. The van der Waals surface area contributed by atoms with E-state index in [0.29, 0.717) is 0 Å². The van der Waals surface area contributed by atoms with Crippen LogP contribution in [0.1, 0.15) is 19.4 Å². The summed E-state index contributed by atoms with van der Waals surface area (Å²) in [6.45, 7) is 4.88. The Bertz CT molecular complexity index is 1070. The van der Waals surface area contributed by atoms with Gasteiger partial charge in [0.05, 0.1) is 6.61 Å². The molecule has 0 aliphatic rings. The molecule has 2 nitrogen and oxygen atoms in total. The largest absolute Gasteiger partial charge is 0.394 e. The molecule has 0 spiro atoms. The van der Waals surface area contributed by atoms with Crippen molar-refractivity contribution < 1.29 is 5.11 Å². The van der Waals surface area contributed by atoms with E-state index in [1.165, 1.54) is 37.9 Å². The maximum Gasteiger partial charge on any atom is 0.0607 e. The van der Waals surface area contributed by atoms with Gasteiger partial charge >= 0.3 is 0 Å². The standard InChI is InChI=1S/C23H23NO.ClH/c1-23(2,15-25)24-14-17-13-22-18-8-4-3-7-16(18)11-12-21(22)20-10-6-5-9-19(17)20;/h3-13,24-25H,14-15H2,1-2H3;1H. The van der Waals surface area contributed by atoms with Crippen LogP contribution >= 0.6 is 12.4 Å². The average molecular weight is 366 g/mol. The second kappa shape index (κ2) is 7.24. The van der Waals surface area contributed by atoms with Gasteiger partial charge in [0.15, 0.2) is 0 Å². The predicted octanol–water partition coefficient (Wildman–Crippen LogP) is 5.43. The Hall–Kier alpha value is -2.13. The average Bonchev–Trinajstić information content (AvgIpc) is 2.66. The van der Waals surface area contributed by atoms with Crippen LogP contribution in [0.5, 0.6) is 0 Å². The number of aliphatic hydroxyl groups excluding tert-OH is 1. The number of rotatable bonds is 4. The van der Waals surface area contributed by atoms with E-state index in [2.05, 4.69) is 72.0 Å². The molecule has 0 radical (unpaired) electrons. The van der Waals surface area contributed by atoms with Gasteiger partial charge in [0.1, 0.15) is 0 Å². The second-order valence-electron chi connectivity index (χ2n) is 7.36. The van der Waals surface area contributed by atoms with Gasteiger partial charge in [-0.3, -0.25) is 0 Å². The first kappa shape index (κ1) is 18.7. The molecule has 0 saturated carbocycles. The zero-order valence-corrected chi connectivity index (χ0v) is 15.9. The van der Waals surface area contributed by atoms with Gasteiger partial charge in [-0.25, -0.2) is 0 Å². The van der Waals surface area contributed by atoms with Crippen molar-refractivity contribution in [1.29, 1.82) is 0 Å². The Labute approximate surface area is 160 Å². The highest BCUT2D eigenvalue weighted by Crippen LogP contribution is 2.33. The van der Waals surface area contributed by atoms with Gasteiger partial charge < -0.3 is 10.4 Å². The molecule has 0 heterocycles. The molecule has 3 heteroatoms. The summed E-state index contributed by atoms with van der Waals surface area (Å²) in [4.78, 5) is 0. The molecule has 0 amide bonds. The van der Waals surface area contributed by atoms with Gasteiger partial charge in [0.25, 0.3) is 0 Å². The SMILES string of the molecule is CC(C)(CO)NCc1cc2c3ccccc3ccc2c2ccccc12.Cl.